The number of ether oxygens (including phenoxy) is 3. The molecule has 7 nitrogen and oxygen atoms in total. The number of anilines is 1. The maximum Gasteiger partial charge on any atom is 0.407 e. The number of amides is 1. The Bertz CT molecular complexity index is 849. The molecule has 0 aromatic heterocycles. The average molecular weight is 478 g/mol. The number of hydrogen-bond acceptors (Lipinski definition) is 7. The van der Waals surface area contributed by atoms with Crippen molar-refractivity contribution in [2.45, 2.75) is 45.8 Å². The van der Waals surface area contributed by atoms with Crippen molar-refractivity contribution in [1.29, 1.82) is 0 Å². The van der Waals surface area contributed by atoms with Crippen molar-refractivity contribution in [2.24, 2.45) is 0 Å². The lowest BCUT2D eigenvalue weighted by atomic mass is 10.1. The van der Waals surface area contributed by atoms with E-state index in [-0.39, 0.29) is 6.09 Å². The van der Waals surface area contributed by atoms with Crippen LogP contribution in [0.25, 0.3) is 6.08 Å². The molecule has 0 aliphatic carbocycles. The van der Waals surface area contributed by atoms with Crippen LogP contribution in [0.1, 0.15) is 39.7 Å². The molecule has 1 aromatic rings. The van der Waals surface area contributed by atoms with Gasteiger partial charge in [-0.3, -0.25) is 0 Å². The quantitative estimate of drug-likeness (QED) is 0.375. The summed E-state index contributed by atoms with van der Waals surface area (Å²) in [5, 5.41) is 6.34. The van der Waals surface area contributed by atoms with Gasteiger partial charge in [-0.15, -0.1) is 11.8 Å². The first-order chi connectivity index (χ1) is 15.7. The number of alkyl carbamates (subject to hydrolysis) is 1. The third-order valence-electron chi connectivity index (χ3n) is 5.15. The highest BCUT2D eigenvalue weighted by atomic mass is 32.2. The number of nitrogens with zero attached hydrogens (tertiary/aromatic N) is 1. The fraction of sp³-hybridized carbons (Fsp3) is 0.560. The lowest BCUT2D eigenvalue weighted by Crippen LogP contribution is -2.40. The Labute approximate surface area is 202 Å². The largest absolute Gasteiger partial charge is 0.493 e. The van der Waals surface area contributed by atoms with Crippen molar-refractivity contribution in [1.82, 2.24) is 10.6 Å². The molecule has 0 saturated carbocycles. The number of allylic oxidation sites excluding steroid dienone is 2. The minimum absolute atomic E-state index is 0.339. The van der Waals surface area contributed by atoms with E-state index in [2.05, 4.69) is 40.0 Å². The average Bonchev–Trinajstić information content (AvgIpc) is 3.23. The van der Waals surface area contributed by atoms with Crippen molar-refractivity contribution >= 4 is 29.6 Å². The molecule has 1 saturated heterocycles. The number of carbonyl (C=O) groups is 1. The predicted molar refractivity (Wildman–Crippen MR) is 139 cm³/mol. The standard InChI is InChI=1S/C25H39N3O4S/c1-8-9-20(33-7)14-18-15-22(30-5)23(31-6)16-21(18)28-13-10-19(17-28)26-11-12-27-24(29)32-25(2,3)4/h8-9,14-16,19,26H,10-13,17H2,1-7H3,(H,27,29). The lowest BCUT2D eigenvalue weighted by Gasteiger charge is -2.23. The second kappa shape index (κ2) is 12.8. The van der Waals surface area contributed by atoms with Gasteiger partial charge in [-0.2, -0.15) is 0 Å². The highest BCUT2D eigenvalue weighted by Gasteiger charge is 2.25. The van der Waals surface area contributed by atoms with E-state index in [1.54, 1.807) is 26.0 Å². The van der Waals surface area contributed by atoms with E-state index in [4.69, 9.17) is 14.2 Å². The summed E-state index contributed by atoms with van der Waals surface area (Å²) in [5.74, 6) is 1.44. The van der Waals surface area contributed by atoms with Gasteiger partial charge in [0.2, 0.25) is 0 Å². The van der Waals surface area contributed by atoms with Crippen LogP contribution in [-0.4, -0.2) is 64.4 Å². The number of nitrogens with one attached hydrogen (secondary N) is 2. The van der Waals surface area contributed by atoms with E-state index in [0.29, 0.717) is 19.1 Å². The molecular weight excluding hydrogens is 438 g/mol. The van der Waals surface area contributed by atoms with Gasteiger partial charge in [0.05, 0.1) is 14.2 Å². The van der Waals surface area contributed by atoms with Crippen LogP contribution in [0.5, 0.6) is 11.5 Å². The van der Waals surface area contributed by atoms with Gasteiger partial charge in [-0.25, -0.2) is 4.79 Å². The summed E-state index contributed by atoms with van der Waals surface area (Å²) < 4.78 is 16.4. The van der Waals surface area contributed by atoms with Crippen molar-refractivity contribution in [2.75, 3.05) is 51.6 Å². The minimum atomic E-state index is -0.488. The maximum absolute atomic E-state index is 11.8. The molecule has 1 fully saturated rings. The predicted octanol–water partition coefficient (Wildman–Crippen LogP) is 4.68. The van der Waals surface area contributed by atoms with E-state index in [1.807, 2.05) is 39.8 Å². The van der Waals surface area contributed by atoms with Gasteiger partial charge in [-0.05, 0) is 52.5 Å². The zero-order chi connectivity index (χ0) is 24.4. The van der Waals surface area contributed by atoms with Crippen molar-refractivity contribution in [3.8, 4) is 11.5 Å². The Morgan fingerprint density at radius 1 is 1.21 bits per heavy atom. The molecule has 0 spiro atoms. The number of hydrogen-bond donors (Lipinski definition) is 2. The Morgan fingerprint density at radius 2 is 1.91 bits per heavy atom. The fourth-order valence-electron chi connectivity index (χ4n) is 3.67. The van der Waals surface area contributed by atoms with Gasteiger partial charge in [0.15, 0.2) is 11.5 Å². The van der Waals surface area contributed by atoms with Crippen LogP contribution in [0.15, 0.2) is 29.2 Å². The topological polar surface area (TPSA) is 72.1 Å². The summed E-state index contributed by atoms with van der Waals surface area (Å²) >= 11 is 1.71. The van der Waals surface area contributed by atoms with Gasteiger partial charge in [-0.1, -0.05) is 12.2 Å². The molecule has 0 bridgehead atoms. The Kier molecular flexibility index (Phi) is 10.4. The highest BCUT2D eigenvalue weighted by Crippen LogP contribution is 2.38. The molecule has 2 rings (SSSR count). The van der Waals surface area contributed by atoms with Gasteiger partial charge in [0.1, 0.15) is 5.60 Å². The number of carbonyl (C=O) groups excluding carboxylic acids is 1. The molecular formula is C25H39N3O4S. The van der Waals surface area contributed by atoms with Crippen LogP contribution in [0.3, 0.4) is 0 Å². The summed E-state index contributed by atoms with van der Waals surface area (Å²) in [6, 6.07) is 4.44. The normalized spacial score (nSPS) is 16.9. The molecule has 184 valence electrons. The number of rotatable bonds is 10. The minimum Gasteiger partial charge on any atom is -0.493 e. The van der Waals surface area contributed by atoms with Crippen LogP contribution in [0.2, 0.25) is 0 Å². The van der Waals surface area contributed by atoms with Crippen LogP contribution < -0.4 is 25.0 Å². The third-order valence-corrected chi connectivity index (χ3v) is 5.88. The second-order valence-corrected chi connectivity index (χ2v) is 9.71. The SMILES string of the molecule is CC=CC(=Cc1cc(OC)c(OC)cc1N1CCC(NCCNC(=O)OC(C)(C)C)C1)SC. The van der Waals surface area contributed by atoms with Gasteiger partial charge < -0.3 is 29.7 Å². The first-order valence-corrected chi connectivity index (χ1v) is 12.5. The molecule has 1 aliphatic heterocycles. The molecule has 1 aliphatic rings. The second-order valence-electron chi connectivity index (χ2n) is 8.83. The van der Waals surface area contributed by atoms with E-state index < -0.39 is 5.60 Å². The molecule has 1 amide bonds. The molecule has 1 heterocycles. The van der Waals surface area contributed by atoms with Crippen LogP contribution >= 0.6 is 11.8 Å². The van der Waals surface area contributed by atoms with Crippen molar-refractivity contribution in [3.05, 3.63) is 34.8 Å². The van der Waals surface area contributed by atoms with E-state index in [0.717, 1.165) is 42.3 Å². The fourth-order valence-corrected chi connectivity index (χ4v) is 4.18. The first-order valence-electron chi connectivity index (χ1n) is 11.3. The number of methoxy groups -OCH3 is 2. The molecule has 33 heavy (non-hydrogen) atoms. The van der Waals surface area contributed by atoms with E-state index in [1.165, 1.54) is 4.91 Å². The number of benzene rings is 1. The molecule has 0 radical (unpaired) electrons. The smallest absolute Gasteiger partial charge is 0.407 e. The van der Waals surface area contributed by atoms with Gasteiger partial charge >= 0.3 is 6.09 Å². The van der Waals surface area contributed by atoms with Crippen LogP contribution in [0, 0.1) is 0 Å². The summed E-state index contributed by atoms with van der Waals surface area (Å²) in [7, 11) is 3.32. The summed E-state index contributed by atoms with van der Waals surface area (Å²) in [6.45, 7) is 10.6. The summed E-state index contributed by atoms with van der Waals surface area (Å²) in [6.07, 6.45) is 9.06. The Morgan fingerprint density at radius 3 is 2.52 bits per heavy atom. The van der Waals surface area contributed by atoms with Crippen LogP contribution in [0.4, 0.5) is 10.5 Å². The number of thioether (sulfide) groups is 1. The highest BCUT2D eigenvalue weighted by molar-refractivity contribution is 8.02. The summed E-state index contributed by atoms with van der Waals surface area (Å²) in [4.78, 5) is 15.3. The molecule has 1 unspecified atom stereocenters. The lowest BCUT2D eigenvalue weighted by molar-refractivity contribution is 0.0528. The zero-order valence-electron chi connectivity index (χ0n) is 21.0. The molecule has 1 aromatic carbocycles. The Balaban J connectivity index is 2.07. The maximum atomic E-state index is 11.8. The monoisotopic (exact) mass is 477 g/mol. The first kappa shape index (κ1) is 26.9. The summed E-state index contributed by atoms with van der Waals surface area (Å²) in [5.41, 5.74) is 1.74. The molecule has 1 atom stereocenters. The zero-order valence-corrected chi connectivity index (χ0v) is 21.8. The molecule has 2 N–H and O–H groups in total. The van der Waals surface area contributed by atoms with E-state index in [9.17, 15) is 4.79 Å². The van der Waals surface area contributed by atoms with Gasteiger partial charge in [0, 0.05) is 54.4 Å². The van der Waals surface area contributed by atoms with Gasteiger partial charge in [0.25, 0.3) is 0 Å². The van der Waals surface area contributed by atoms with Crippen molar-refractivity contribution in [3.63, 3.8) is 0 Å². The Hall–Kier alpha value is -2.32. The molecule has 8 heteroatoms. The van der Waals surface area contributed by atoms with Crippen LogP contribution in [-0.2, 0) is 4.74 Å². The van der Waals surface area contributed by atoms with E-state index >= 15 is 0 Å². The third kappa shape index (κ3) is 8.51. The van der Waals surface area contributed by atoms with Crippen molar-refractivity contribution < 1.29 is 19.0 Å².